The summed E-state index contributed by atoms with van der Waals surface area (Å²) in [5.74, 6) is 2.25. The molecule has 3 amide bonds. The first-order valence-electron chi connectivity index (χ1n) is 9.50. The number of thiocarbonyl (C=S) groups is 1. The van der Waals surface area contributed by atoms with Gasteiger partial charge in [0.05, 0.1) is 36.4 Å². The molecule has 2 aromatic rings. The Labute approximate surface area is 178 Å². The number of nitriles is 1. The summed E-state index contributed by atoms with van der Waals surface area (Å²) in [4.78, 5) is 35.4. The third-order valence-electron chi connectivity index (χ3n) is 6.24. The van der Waals surface area contributed by atoms with Gasteiger partial charge < -0.3 is 5.32 Å². The third-order valence-corrected chi connectivity index (χ3v) is 6.65. The topological polar surface area (TPSA) is 89.3 Å². The van der Waals surface area contributed by atoms with Crippen molar-refractivity contribution >= 4 is 45.7 Å². The molecule has 148 valence electrons. The molecule has 8 nitrogen and oxygen atoms in total. The third kappa shape index (κ3) is 2.28. The van der Waals surface area contributed by atoms with Crippen molar-refractivity contribution in [3.8, 4) is 18.4 Å². The Kier molecular flexibility index (Phi) is 4.09. The van der Waals surface area contributed by atoms with Gasteiger partial charge in [0.15, 0.2) is 12.1 Å². The van der Waals surface area contributed by atoms with Gasteiger partial charge in [-0.15, -0.1) is 6.42 Å². The molecular weight excluding hydrogens is 400 g/mol. The largest absolute Gasteiger partial charge is 0.433 e. The summed E-state index contributed by atoms with van der Waals surface area (Å²) in [5.41, 5.74) is 1.32. The van der Waals surface area contributed by atoms with Crippen LogP contribution in [0.1, 0.15) is 5.56 Å². The quantitative estimate of drug-likeness (QED) is 0.344. The monoisotopic (exact) mass is 417 g/mol. The van der Waals surface area contributed by atoms with E-state index in [2.05, 4.69) is 27.2 Å². The number of nitrogens with one attached hydrogen (secondary N) is 1. The van der Waals surface area contributed by atoms with Crippen molar-refractivity contribution < 1.29 is 14.1 Å². The normalized spacial score (nSPS) is 29.0. The van der Waals surface area contributed by atoms with Gasteiger partial charge in [-0.2, -0.15) is 10.2 Å². The first kappa shape index (κ1) is 18.6. The molecule has 3 fully saturated rings. The minimum Gasteiger partial charge on any atom is -0.364 e. The molecule has 9 heteroatoms. The molecule has 0 radical (unpaired) electrons. The van der Waals surface area contributed by atoms with Crippen LogP contribution in [0.2, 0.25) is 0 Å². The molecule has 2 bridgehead atoms. The number of urea groups is 1. The number of terminal acetylenes is 1. The van der Waals surface area contributed by atoms with Crippen LogP contribution in [0.5, 0.6) is 0 Å². The van der Waals surface area contributed by atoms with E-state index in [0.717, 1.165) is 0 Å². The van der Waals surface area contributed by atoms with Crippen molar-refractivity contribution in [1.82, 2.24) is 15.2 Å². The summed E-state index contributed by atoms with van der Waals surface area (Å²) < 4.78 is -0.0308. The number of amides is 3. The van der Waals surface area contributed by atoms with Crippen LogP contribution in [0.4, 0.5) is 10.5 Å². The van der Waals surface area contributed by atoms with Crippen LogP contribution in [0.15, 0.2) is 30.5 Å². The van der Waals surface area contributed by atoms with Crippen molar-refractivity contribution in [2.45, 2.75) is 12.1 Å². The molecule has 3 aliphatic heterocycles. The van der Waals surface area contributed by atoms with Crippen LogP contribution in [0.3, 0.4) is 0 Å². The highest BCUT2D eigenvalue weighted by Gasteiger charge is 2.72. The molecule has 1 aromatic heterocycles. The van der Waals surface area contributed by atoms with Gasteiger partial charge >= 0.3 is 6.03 Å². The summed E-state index contributed by atoms with van der Waals surface area (Å²) in [5, 5.41) is 13.0. The van der Waals surface area contributed by atoms with Crippen molar-refractivity contribution in [3.05, 3.63) is 36.0 Å². The number of quaternary nitrogens is 1. The van der Waals surface area contributed by atoms with Crippen LogP contribution in [-0.2, 0) is 4.79 Å². The average molecular weight is 417 g/mol. The fraction of sp³-hybridized carbons (Fsp3) is 0.286. The number of imide groups is 1. The zero-order valence-corrected chi connectivity index (χ0v) is 16.7. The van der Waals surface area contributed by atoms with Crippen LogP contribution in [0.25, 0.3) is 10.9 Å². The summed E-state index contributed by atoms with van der Waals surface area (Å²) >= 11 is 5.54. The number of piperazine rings is 1. The summed E-state index contributed by atoms with van der Waals surface area (Å²) in [6.07, 6.45) is 6.92. The van der Waals surface area contributed by atoms with Gasteiger partial charge in [-0.25, -0.2) is 14.2 Å². The number of hydrogen-bond acceptors (Lipinski definition) is 6. The number of fused-ring (bicyclic) bond motifs is 2. The Bertz CT molecular complexity index is 1210. The molecular formula is C21H17N6O2S+. The Morgan fingerprint density at radius 3 is 2.97 bits per heavy atom. The zero-order valence-electron chi connectivity index (χ0n) is 15.9. The van der Waals surface area contributed by atoms with Crippen LogP contribution >= 0.6 is 12.2 Å². The summed E-state index contributed by atoms with van der Waals surface area (Å²) in [6, 6.07) is 7.73. The second-order valence-corrected chi connectivity index (χ2v) is 8.10. The van der Waals surface area contributed by atoms with Gasteiger partial charge in [0.2, 0.25) is 0 Å². The summed E-state index contributed by atoms with van der Waals surface area (Å²) in [7, 11) is 0. The van der Waals surface area contributed by atoms with Crippen LogP contribution in [-0.4, -0.2) is 69.7 Å². The van der Waals surface area contributed by atoms with E-state index >= 15 is 0 Å². The van der Waals surface area contributed by atoms with E-state index in [0.29, 0.717) is 46.9 Å². The lowest BCUT2D eigenvalue weighted by Crippen LogP contribution is -2.64. The highest BCUT2D eigenvalue weighted by Crippen LogP contribution is 2.44. The molecule has 3 aliphatic rings. The van der Waals surface area contributed by atoms with E-state index in [4.69, 9.17) is 18.6 Å². The van der Waals surface area contributed by atoms with Crippen molar-refractivity contribution in [2.75, 3.05) is 31.2 Å². The number of hydrogen-bond donors (Lipinski definition) is 1. The second kappa shape index (κ2) is 6.57. The maximum absolute atomic E-state index is 13.8. The highest BCUT2D eigenvalue weighted by molar-refractivity contribution is 7.80. The maximum atomic E-state index is 13.8. The lowest BCUT2D eigenvalue weighted by Gasteiger charge is -2.34. The smallest absolute Gasteiger partial charge is 0.364 e. The highest BCUT2D eigenvalue weighted by atomic mass is 32.1. The predicted molar refractivity (Wildman–Crippen MR) is 113 cm³/mol. The molecule has 4 heterocycles. The van der Waals surface area contributed by atoms with Gasteiger partial charge in [0.1, 0.15) is 17.7 Å². The first-order valence-corrected chi connectivity index (χ1v) is 9.91. The molecule has 1 aromatic carbocycles. The van der Waals surface area contributed by atoms with Gasteiger partial charge in [0, 0.05) is 11.6 Å². The van der Waals surface area contributed by atoms with Gasteiger partial charge in [-0.3, -0.25) is 9.78 Å². The fourth-order valence-corrected chi connectivity index (χ4v) is 5.30. The number of carbonyl (C=O) groups is 2. The molecule has 5 rings (SSSR count). The van der Waals surface area contributed by atoms with E-state index in [1.165, 1.54) is 4.90 Å². The van der Waals surface area contributed by atoms with E-state index in [9.17, 15) is 14.9 Å². The summed E-state index contributed by atoms with van der Waals surface area (Å²) in [6.45, 7) is 1.84. The fourth-order valence-electron chi connectivity index (χ4n) is 4.96. The van der Waals surface area contributed by atoms with Crippen LogP contribution < -0.4 is 10.2 Å². The molecule has 30 heavy (non-hydrogen) atoms. The molecule has 1 N–H and O–H groups in total. The maximum Gasteiger partial charge on any atom is 0.433 e. The van der Waals surface area contributed by atoms with E-state index in [1.807, 2.05) is 0 Å². The lowest BCUT2D eigenvalue weighted by atomic mass is 10.1. The van der Waals surface area contributed by atoms with Crippen molar-refractivity contribution in [1.29, 1.82) is 5.26 Å². The molecule has 4 atom stereocenters. The van der Waals surface area contributed by atoms with Gasteiger partial charge in [-0.1, -0.05) is 18.1 Å². The van der Waals surface area contributed by atoms with E-state index in [1.54, 1.807) is 30.5 Å². The first-order chi connectivity index (χ1) is 14.5. The van der Waals surface area contributed by atoms with Crippen LogP contribution in [0, 0.1) is 23.7 Å². The SMILES string of the molecule is C#CCNC(=S)C1CN2CC3C(=O)N(c4ccc(C#N)c5ncccc45)C(=O)[N+]31C2. The molecule has 3 saturated heterocycles. The zero-order chi connectivity index (χ0) is 21.0. The lowest BCUT2D eigenvalue weighted by molar-refractivity contribution is -0.851. The van der Waals surface area contributed by atoms with Crippen molar-refractivity contribution in [3.63, 3.8) is 0 Å². The minimum absolute atomic E-state index is 0.0308. The minimum atomic E-state index is -0.510. The molecule has 1 spiro atoms. The number of rotatable bonds is 3. The van der Waals surface area contributed by atoms with Gasteiger partial charge in [0.25, 0.3) is 5.91 Å². The Morgan fingerprint density at radius 1 is 1.37 bits per heavy atom. The molecule has 0 saturated carbocycles. The Morgan fingerprint density at radius 2 is 2.20 bits per heavy atom. The molecule has 0 aliphatic carbocycles. The number of nitrogens with zero attached hydrogens (tertiary/aromatic N) is 5. The van der Waals surface area contributed by atoms with Gasteiger partial charge in [-0.05, 0) is 24.3 Å². The van der Waals surface area contributed by atoms with E-state index < -0.39 is 6.04 Å². The number of aromatic nitrogens is 1. The van der Waals surface area contributed by atoms with Crippen molar-refractivity contribution in [2.24, 2.45) is 0 Å². The number of benzene rings is 1. The molecule has 4 unspecified atom stereocenters. The average Bonchev–Trinajstić information content (AvgIpc) is 3.40. The Hall–Kier alpha value is -3.37. The number of carbonyl (C=O) groups excluding carboxylic acids is 2. The predicted octanol–water partition coefficient (Wildman–Crippen LogP) is 0.964. The standard InChI is InChI=1S/C21H16N6O2S/c1-2-7-24-19(30)16-10-25-11-17-20(28)26(21(29)27(16,17)12-25)15-6-5-13(9-22)18-14(15)4-3-8-23-18/h1,3-6,8,16-17H,7,10-12H2/p+1. The van der Waals surface area contributed by atoms with E-state index in [-0.39, 0.29) is 29.0 Å². The Balaban J connectivity index is 1.61. The number of anilines is 1. The second-order valence-electron chi connectivity index (χ2n) is 7.66. The number of pyridine rings is 1.